The SMILES string of the molecule is CCNS(=O)(=O)c1ccc(C(=O)N(CCc2ccc(Cl)cc2)CC2CC2)cc1. The van der Waals surface area contributed by atoms with E-state index in [2.05, 4.69) is 4.72 Å². The zero-order valence-electron chi connectivity index (χ0n) is 15.9. The Morgan fingerprint density at radius 2 is 1.75 bits per heavy atom. The molecule has 1 aliphatic carbocycles. The fraction of sp³-hybridized carbons (Fsp3) is 0.381. The molecule has 2 aromatic rings. The maximum Gasteiger partial charge on any atom is 0.253 e. The van der Waals surface area contributed by atoms with E-state index in [0.717, 1.165) is 31.4 Å². The lowest BCUT2D eigenvalue weighted by Crippen LogP contribution is -2.34. The third kappa shape index (κ3) is 5.56. The minimum absolute atomic E-state index is 0.0618. The number of sulfonamides is 1. The van der Waals surface area contributed by atoms with Crippen molar-refractivity contribution in [2.45, 2.75) is 31.1 Å². The van der Waals surface area contributed by atoms with Crippen LogP contribution in [0, 0.1) is 5.92 Å². The zero-order valence-corrected chi connectivity index (χ0v) is 17.5. The molecule has 0 atom stereocenters. The maximum absolute atomic E-state index is 13.0. The fourth-order valence-corrected chi connectivity index (χ4v) is 4.20. The molecule has 0 radical (unpaired) electrons. The van der Waals surface area contributed by atoms with Gasteiger partial charge in [0.1, 0.15) is 0 Å². The number of carbonyl (C=O) groups is 1. The number of hydrogen-bond donors (Lipinski definition) is 1. The first-order chi connectivity index (χ1) is 13.4. The molecule has 3 rings (SSSR count). The third-order valence-corrected chi connectivity index (χ3v) is 6.61. The van der Waals surface area contributed by atoms with Crippen molar-refractivity contribution >= 4 is 27.5 Å². The summed E-state index contributed by atoms with van der Waals surface area (Å²) in [5, 5.41) is 0.697. The number of hydrogen-bond acceptors (Lipinski definition) is 3. The van der Waals surface area contributed by atoms with Gasteiger partial charge in [-0.05, 0) is 67.1 Å². The number of rotatable bonds is 9. The fourth-order valence-electron chi connectivity index (χ4n) is 3.04. The van der Waals surface area contributed by atoms with Crippen LogP contribution in [0.1, 0.15) is 35.7 Å². The quantitative estimate of drug-likeness (QED) is 0.672. The van der Waals surface area contributed by atoms with Gasteiger partial charge in [-0.1, -0.05) is 30.7 Å². The Hall–Kier alpha value is -1.89. The van der Waals surface area contributed by atoms with Gasteiger partial charge in [-0.3, -0.25) is 4.79 Å². The molecule has 0 unspecified atom stereocenters. The van der Waals surface area contributed by atoms with Crippen LogP contribution < -0.4 is 4.72 Å². The highest BCUT2D eigenvalue weighted by atomic mass is 35.5. The van der Waals surface area contributed by atoms with E-state index >= 15 is 0 Å². The molecule has 1 saturated carbocycles. The maximum atomic E-state index is 13.0. The highest BCUT2D eigenvalue weighted by molar-refractivity contribution is 7.89. The molecule has 7 heteroatoms. The van der Waals surface area contributed by atoms with Crippen LogP contribution in [0.2, 0.25) is 5.02 Å². The molecule has 1 fully saturated rings. The Morgan fingerprint density at radius 3 is 2.32 bits per heavy atom. The molecule has 1 aliphatic rings. The van der Waals surface area contributed by atoms with Crippen molar-refractivity contribution in [1.82, 2.24) is 9.62 Å². The van der Waals surface area contributed by atoms with Crippen LogP contribution in [0.3, 0.4) is 0 Å². The molecule has 0 aliphatic heterocycles. The zero-order chi connectivity index (χ0) is 20.1. The van der Waals surface area contributed by atoms with E-state index in [-0.39, 0.29) is 10.8 Å². The number of halogens is 1. The summed E-state index contributed by atoms with van der Waals surface area (Å²) in [4.78, 5) is 15.1. The van der Waals surface area contributed by atoms with Crippen LogP contribution in [-0.4, -0.2) is 38.9 Å². The van der Waals surface area contributed by atoms with Crippen molar-refractivity contribution in [2.24, 2.45) is 5.92 Å². The van der Waals surface area contributed by atoms with Gasteiger partial charge in [0.2, 0.25) is 10.0 Å². The normalized spacial score (nSPS) is 14.1. The summed E-state index contributed by atoms with van der Waals surface area (Å²) < 4.78 is 26.6. The van der Waals surface area contributed by atoms with Crippen LogP contribution in [0.5, 0.6) is 0 Å². The number of amides is 1. The van der Waals surface area contributed by atoms with Gasteiger partial charge in [0.05, 0.1) is 4.90 Å². The van der Waals surface area contributed by atoms with Gasteiger partial charge < -0.3 is 4.90 Å². The number of nitrogens with one attached hydrogen (secondary N) is 1. The van der Waals surface area contributed by atoms with E-state index in [1.54, 1.807) is 19.1 Å². The number of benzene rings is 2. The molecule has 0 saturated heterocycles. The summed E-state index contributed by atoms with van der Waals surface area (Å²) in [5.74, 6) is 0.510. The van der Waals surface area contributed by atoms with Gasteiger partial charge in [-0.15, -0.1) is 0 Å². The lowest BCUT2D eigenvalue weighted by Gasteiger charge is -2.23. The number of carbonyl (C=O) groups excluding carboxylic acids is 1. The third-order valence-electron chi connectivity index (χ3n) is 4.79. The molecule has 1 amide bonds. The molecule has 5 nitrogen and oxygen atoms in total. The first kappa shape index (κ1) is 20.8. The monoisotopic (exact) mass is 420 g/mol. The van der Waals surface area contributed by atoms with Crippen molar-refractivity contribution in [1.29, 1.82) is 0 Å². The minimum Gasteiger partial charge on any atom is -0.338 e. The minimum atomic E-state index is -3.52. The average molecular weight is 421 g/mol. The summed E-state index contributed by atoms with van der Waals surface area (Å²) in [7, 11) is -3.52. The van der Waals surface area contributed by atoms with Gasteiger partial charge in [-0.25, -0.2) is 13.1 Å². The van der Waals surface area contributed by atoms with Crippen LogP contribution in [0.15, 0.2) is 53.4 Å². The van der Waals surface area contributed by atoms with Crippen LogP contribution in [0.4, 0.5) is 0 Å². The molecular formula is C21H25ClN2O3S. The first-order valence-electron chi connectivity index (χ1n) is 9.52. The van der Waals surface area contributed by atoms with E-state index < -0.39 is 10.0 Å². The average Bonchev–Trinajstić information content (AvgIpc) is 3.50. The van der Waals surface area contributed by atoms with Gasteiger partial charge in [0, 0.05) is 30.2 Å². The molecular weight excluding hydrogens is 396 g/mol. The molecule has 0 aromatic heterocycles. The predicted octanol–water partition coefficient (Wildman–Crippen LogP) is 3.73. The summed E-state index contributed by atoms with van der Waals surface area (Å²) in [6.45, 7) is 3.41. The Morgan fingerprint density at radius 1 is 1.11 bits per heavy atom. The smallest absolute Gasteiger partial charge is 0.253 e. The second-order valence-corrected chi connectivity index (χ2v) is 9.30. The summed E-state index contributed by atoms with van der Waals surface area (Å²) in [6, 6.07) is 13.8. The van der Waals surface area contributed by atoms with Gasteiger partial charge in [0.25, 0.3) is 5.91 Å². The lowest BCUT2D eigenvalue weighted by molar-refractivity contribution is 0.0749. The molecule has 0 spiro atoms. The Kier molecular flexibility index (Phi) is 6.75. The molecule has 1 N–H and O–H groups in total. The van der Waals surface area contributed by atoms with Crippen molar-refractivity contribution in [3.63, 3.8) is 0 Å². The van der Waals surface area contributed by atoms with E-state index in [1.165, 1.54) is 12.1 Å². The van der Waals surface area contributed by atoms with Gasteiger partial charge in [-0.2, -0.15) is 0 Å². The van der Waals surface area contributed by atoms with Crippen molar-refractivity contribution in [3.05, 3.63) is 64.7 Å². The summed E-state index contributed by atoms with van der Waals surface area (Å²) in [5.41, 5.74) is 1.64. The molecule has 150 valence electrons. The summed E-state index contributed by atoms with van der Waals surface area (Å²) in [6.07, 6.45) is 3.07. The topological polar surface area (TPSA) is 66.5 Å². The van der Waals surface area contributed by atoms with E-state index in [9.17, 15) is 13.2 Å². The van der Waals surface area contributed by atoms with Crippen molar-refractivity contribution in [2.75, 3.05) is 19.6 Å². The van der Waals surface area contributed by atoms with E-state index in [0.29, 0.717) is 29.6 Å². The van der Waals surface area contributed by atoms with Crippen LogP contribution in [-0.2, 0) is 16.4 Å². The number of nitrogens with zero attached hydrogens (tertiary/aromatic N) is 1. The standard InChI is InChI=1S/C21H25ClN2O3S/c1-2-23-28(26,27)20-11-7-18(8-12-20)21(25)24(15-17-3-4-17)14-13-16-5-9-19(22)10-6-16/h5-12,17,23H,2-4,13-15H2,1H3. The predicted molar refractivity (Wildman–Crippen MR) is 111 cm³/mol. The second kappa shape index (κ2) is 9.07. The van der Waals surface area contributed by atoms with Crippen LogP contribution in [0.25, 0.3) is 0 Å². The van der Waals surface area contributed by atoms with Gasteiger partial charge >= 0.3 is 0 Å². The van der Waals surface area contributed by atoms with Gasteiger partial charge in [0.15, 0.2) is 0 Å². The highest BCUT2D eigenvalue weighted by Crippen LogP contribution is 2.30. The first-order valence-corrected chi connectivity index (χ1v) is 11.4. The van der Waals surface area contributed by atoms with E-state index in [4.69, 9.17) is 11.6 Å². The second-order valence-electron chi connectivity index (χ2n) is 7.10. The highest BCUT2D eigenvalue weighted by Gasteiger charge is 2.27. The molecule has 0 heterocycles. The molecule has 28 heavy (non-hydrogen) atoms. The molecule has 0 bridgehead atoms. The Labute approximate surface area is 171 Å². The van der Waals surface area contributed by atoms with E-state index in [1.807, 2.05) is 29.2 Å². The van der Waals surface area contributed by atoms with Crippen molar-refractivity contribution in [3.8, 4) is 0 Å². The Balaban J connectivity index is 1.70. The van der Waals surface area contributed by atoms with Crippen molar-refractivity contribution < 1.29 is 13.2 Å². The van der Waals surface area contributed by atoms with Crippen LogP contribution >= 0.6 is 11.6 Å². The Bertz CT molecular complexity index is 908. The summed E-state index contributed by atoms with van der Waals surface area (Å²) >= 11 is 5.93. The molecule has 2 aromatic carbocycles. The lowest BCUT2D eigenvalue weighted by atomic mass is 10.1. The largest absolute Gasteiger partial charge is 0.338 e.